The molecule has 1 rings (SSSR count). The van der Waals surface area contributed by atoms with E-state index in [4.69, 9.17) is 0 Å². The molecule has 1 aliphatic rings. The van der Waals surface area contributed by atoms with E-state index in [1.165, 1.54) is 16.7 Å². The van der Waals surface area contributed by atoms with Crippen molar-refractivity contribution in [3.05, 3.63) is 0 Å². The highest BCUT2D eigenvalue weighted by atomic mass is 32.2. The van der Waals surface area contributed by atoms with E-state index in [2.05, 4.69) is 28.7 Å². The monoisotopic (exact) mass is 456 g/mol. The van der Waals surface area contributed by atoms with Gasteiger partial charge in [-0.25, -0.2) is 13.1 Å². The highest BCUT2D eigenvalue weighted by Crippen LogP contribution is 2.35. The van der Waals surface area contributed by atoms with Gasteiger partial charge in [0.2, 0.25) is 29.3 Å². The van der Waals surface area contributed by atoms with Gasteiger partial charge in [-0.05, 0) is 18.1 Å². The van der Waals surface area contributed by atoms with Crippen LogP contribution in [-0.2, 0) is 24.2 Å². The first-order valence-electron chi connectivity index (χ1n) is 9.47. The number of thioether (sulfide) groups is 1. The average Bonchev–Trinajstić information content (AvgIpc) is 2.81. The Balaban J connectivity index is 2.61. The Bertz CT molecular complexity index is 687. The fraction of sp³-hybridized carbons (Fsp3) is 0.875. The molecule has 2 atom stereocenters. The molecular weight excluding hydrogens is 423 g/mol. The number of imide groups is 1. The molecule has 0 aliphatic carbocycles. The highest BCUT2D eigenvalue weighted by Gasteiger charge is 2.38. The summed E-state index contributed by atoms with van der Waals surface area (Å²) in [6.45, 7) is 6.95. The summed E-state index contributed by atoms with van der Waals surface area (Å²) >= 11 is 1.46. The first-order chi connectivity index (χ1) is 13.0. The number of nitrogens with one attached hydrogen (secondary N) is 3. The maximum Gasteiger partial charge on any atom is 0.242 e. The van der Waals surface area contributed by atoms with Crippen molar-refractivity contribution in [2.45, 2.75) is 38.9 Å². The number of amides is 2. The normalized spacial score (nSPS) is 20.2. The van der Waals surface area contributed by atoms with Crippen molar-refractivity contribution in [3.8, 4) is 0 Å². The minimum atomic E-state index is -3.37. The molecule has 1 aliphatic heterocycles. The molecule has 2 amide bonds. The van der Waals surface area contributed by atoms with Gasteiger partial charge in [0.1, 0.15) is 0 Å². The maximum atomic E-state index is 13.1. The zero-order valence-corrected chi connectivity index (χ0v) is 19.6. The van der Waals surface area contributed by atoms with Crippen molar-refractivity contribution in [3.63, 3.8) is 0 Å². The van der Waals surface area contributed by atoms with E-state index in [0.717, 1.165) is 18.4 Å². The van der Waals surface area contributed by atoms with E-state index >= 15 is 0 Å². The van der Waals surface area contributed by atoms with Crippen molar-refractivity contribution in [2.75, 3.05) is 44.3 Å². The van der Waals surface area contributed by atoms with Crippen LogP contribution >= 0.6 is 19.2 Å². The Morgan fingerprint density at radius 3 is 2.43 bits per heavy atom. The molecule has 0 spiro atoms. The lowest BCUT2D eigenvalue weighted by atomic mass is 10.1. The van der Waals surface area contributed by atoms with Crippen LogP contribution in [0.3, 0.4) is 0 Å². The maximum absolute atomic E-state index is 13.1. The Morgan fingerprint density at radius 1 is 1.21 bits per heavy atom. The van der Waals surface area contributed by atoms with Crippen LogP contribution < -0.4 is 14.9 Å². The first kappa shape index (κ1) is 25.6. The number of carbonyl (C=O) groups is 2. The Hall–Kier alpha value is -0.450. The minimum Gasteiger partial charge on any atom is -0.289 e. The van der Waals surface area contributed by atoms with Crippen molar-refractivity contribution in [1.82, 2.24) is 19.8 Å². The van der Waals surface area contributed by atoms with Gasteiger partial charge < -0.3 is 0 Å². The predicted octanol–water partition coefficient (Wildman–Crippen LogP) is 0.835. The van der Waals surface area contributed by atoms with Crippen LogP contribution in [-0.4, -0.2) is 74.7 Å². The van der Waals surface area contributed by atoms with Gasteiger partial charge >= 0.3 is 0 Å². The van der Waals surface area contributed by atoms with Gasteiger partial charge in [0.25, 0.3) is 0 Å². The van der Waals surface area contributed by atoms with Crippen LogP contribution in [0.1, 0.15) is 33.6 Å². The molecule has 3 N–H and O–H groups in total. The second kappa shape index (κ2) is 11.7. The predicted molar refractivity (Wildman–Crippen MR) is 114 cm³/mol. The summed E-state index contributed by atoms with van der Waals surface area (Å²) in [5.74, 6) is 0.792. The number of sulfonamides is 1. The smallest absolute Gasteiger partial charge is 0.242 e. The summed E-state index contributed by atoms with van der Waals surface area (Å²) in [6, 6.07) is 0. The summed E-state index contributed by atoms with van der Waals surface area (Å²) in [6.07, 6.45) is 2.17. The number of carbonyl (C=O) groups excluding carboxylic acids is 2. The van der Waals surface area contributed by atoms with E-state index in [9.17, 15) is 22.6 Å². The Kier molecular flexibility index (Phi) is 10.7. The standard InChI is InChI=1S/C16H33N4O5PS2/c1-5-27-14-12-15(21)20(16(14)22)10-8-18-26(23,17-7-6-13(2)3)11-9-19-28(4,24)25/h13-14,19H,5-12H2,1-4H3,(H2,17,18,23). The fourth-order valence-corrected chi connectivity index (χ4v) is 6.06. The molecule has 12 heteroatoms. The Morgan fingerprint density at radius 2 is 1.86 bits per heavy atom. The van der Waals surface area contributed by atoms with Gasteiger partial charge in [-0.2, -0.15) is 0 Å². The van der Waals surface area contributed by atoms with Gasteiger partial charge in [-0.3, -0.25) is 29.2 Å². The number of hydrogen-bond acceptors (Lipinski definition) is 6. The summed E-state index contributed by atoms with van der Waals surface area (Å²) in [4.78, 5) is 25.6. The summed E-state index contributed by atoms with van der Waals surface area (Å²) < 4.78 is 38.0. The van der Waals surface area contributed by atoms with Gasteiger partial charge in [0.05, 0.1) is 11.5 Å². The summed E-state index contributed by atoms with van der Waals surface area (Å²) in [5.41, 5.74) is 0. The van der Waals surface area contributed by atoms with Crippen molar-refractivity contribution >= 4 is 41.0 Å². The largest absolute Gasteiger partial charge is 0.289 e. The van der Waals surface area contributed by atoms with E-state index < -0.39 is 17.5 Å². The van der Waals surface area contributed by atoms with Gasteiger partial charge in [0.15, 0.2) is 0 Å². The molecule has 0 radical (unpaired) electrons. The topological polar surface area (TPSA) is 125 Å². The quantitative estimate of drug-likeness (QED) is 0.259. The number of hydrogen-bond donors (Lipinski definition) is 3. The lowest BCUT2D eigenvalue weighted by molar-refractivity contribution is -0.138. The molecule has 1 fully saturated rings. The molecule has 2 unspecified atom stereocenters. The summed E-state index contributed by atoms with van der Waals surface area (Å²) in [7, 11) is -6.43. The van der Waals surface area contributed by atoms with E-state index in [-0.39, 0.29) is 49.3 Å². The fourth-order valence-electron chi connectivity index (χ4n) is 2.70. The third kappa shape index (κ3) is 9.37. The highest BCUT2D eigenvalue weighted by molar-refractivity contribution is 8.00. The zero-order valence-electron chi connectivity index (χ0n) is 17.1. The molecule has 0 aromatic heterocycles. The van der Waals surface area contributed by atoms with Crippen molar-refractivity contribution in [2.24, 2.45) is 5.92 Å². The molecule has 28 heavy (non-hydrogen) atoms. The third-order valence-electron chi connectivity index (χ3n) is 4.15. The molecule has 0 saturated carbocycles. The first-order valence-corrected chi connectivity index (χ1v) is 14.3. The molecule has 0 aromatic rings. The van der Waals surface area contributed by atoms with Gasteiger partial charge in [-0.1, -0.05) is 20.8 Å². The lowest BCUT2D eigenvalue weighted by Crippen LogP contribution is -2.39. The molecule has 1 heterocycles. The Labute approximate surface area is 172 Å². The number of rotatable bonds is 14. The second-order valence-electron chi connectivity index (χ2n) is 7.16. The van der Waals surface area contributed by atoms with Crippen LogP contribution in [0.25, 0.3) is 0 Å². The zero-order chi connectivity index (χ0) is 21.4. The van der Waals surface area contributed by atoms with Crippen LogP contribution in [0.4, 0.5) is 0 Å². The van der Waals surface area contributed by atoms with Crippen molar-refractivity contribution < 1.29 is 22.6 Å². The molecule has 164 valence electrons. The van der Waals surface area contributed by atoms with Gasteiger partial charge in [0, 0.05) is 38.8 Å². The molecule has 0 bridgehead atoms. The number of likely N-dealkylation sites (tertiary alicyclic amines) is 1. The van der Waals surface area contributed by atoms with Crippen molar-refractivity contribution in [1.29, 1.82) is 0 Å². The molecular formula is C16H33N4O5PS2. The molecule has 9 nitrogen and oxygen atoms in total. The SMILES string of the molecule is CCSC1CC(=O)N(CCNP(=O)(CCNS(C)(=O)=O)NCCC(C)C)C1=O. The van der Waals surface area contributed by atoms with Crippen LogP contribution in [0.2, 0.25) is 0 Å². The number of nitrogens with zero attached hydrogens (tertiary/aromatic N) is 1. The van der Waals surface area contributed by atoms with Crippen LogP contribution in [0.15, 0.2) is 0 Å². The minimum absolute atomic E-state index is 0.0363. The summed E-state index contributed by atoms with van der Waals surface area (Å²) in [5, 5.41) is 5.61. The molecule has 1 saturated heterocycles. The van der Waals surface area contributed by atoms with E-state index in [1.807, 2.05) is 6.92 Å². The second-order valence-corrected chi connectivity index (χ2v) is 13.0. The van der Waals surface area contributed by atoms with Gasteiger partial charge in [-0.15, -0.1) is 11.8 Å². The average molecular weight is 457 g/mol. The van der Waals surface area contributed by atoms with E-state index in [1.54, 1.807) is 0 Å². The molecule has 0 aromatic carbocycles. The lowest BCUT2D eigenvalue weighted by Gasteiger charge is -2.23. The third-order valence-corrected chi connectivity index (χ3v) is 8.31. The van der Waals surface area contributed by atoms with E-state index in [0.29, 0.717) is 12.5 Å². The van der Waals surface area contributed by atoms with Crippen LogP contribution in [0.5, 0.6) is 0 Å². The van der Waals surface area contributed by atoms with Crippen LogP contribution in [0, 0.1) is 5.92 Å².